The first kappa shape index (κ1) is 9.74. The van der Waals surface area contributed by atoms with E-state index in [0.717, 1.165) is 21.6 Å². The van der Waals surface area contributed by atoms with Gasteiger partial charge in [0.15, 0.2) is 6.29 Å². The average molecular weight is 248 g/mol. The summed E-state index contributed by atoms with van der Waals surface area (Å²) in [6.45, 7) is 2.07. The first-order chi connectivity index (χ1) is 7.79. The number of nitrogens with zero attached hydrogens (tertiary/aromatic N) is 2. The quantitative estimate of drug-likeness (QED) is 0.652. The predicted molar refractivity (Wildman–Crippen MR) is 66.5 cm³/mol. The van der Waals surface area contributed by atoms with Crippen molar-refractivity contribution in [1.82, 2.24) is 9.38 Å². The van der Waals surface area contributed by atoms with Gasteiger partial charge in [0.1, 0.15) is 16.9 Å². The van der Waals surface area contributed by atoms with Crippen molar-refractivity contribution in [3.05, 3.63) is 34.5 Å². The van der Waals surface area contributed by atoms with Gasteiger partial charge in [0.05, 0.1) is 11.1 Å². The molecule has 0 spiro atoms. The summed E-state index contributed by atoms with van der Waals surface area (Å²) in [6.07, 6.45) is 4.35. The van der Waals surface area contributed by atoms with Crippen molar-refractivity contribution < 1.29 is 4.79 Å². The van der Waals surface area contributed by atoms with Crippen LogP contribution < -0.4 is 0 Å². The monoisotopic (exact) mass is 248 g/mol. The number of fused-ring (bicyclic) bond motifs is 1. The highest BCUT2D eigenvalue weighted by atomic mass is 32.1. The van der Waals surface area contributed by atoms with E-state index in [9.17, 15) is 4.79 Å². The molecule has 3 heterocycles. The van der Waals surface area contributed by atoms with Gasteiger partial charge in [0, 0.05) is 10.4 Å². The minimum absolute atomic E-state index is 0.690. The van der Waals surface area contributed by atoms with Gasteiger partial charge >= 0.3 is 0 Å². The van der Waals surface area contributed by atoms with E-state index in [1.54, 1.807) is 35.2 Å². The lowest BCUT2D eigenvalue weighted by molar-refractivity contribution is 0.111. The Balaban J connectivity index is 2.30. The Morgan fingerprint density at radius 3 is 3.06 bits per heavy atom. The number of thiazole rings is 1. The van der Waals surface area contributed by atoms with Crippen LogP contribution in [0.25, 0.3) is 15.3 Å². The molecule has 3 rings (SSSR count). The number of hydrogen-bond donors (Lipinski definition) is 0. The molecule has 0 saturated heterocycles. The van der Waals surface area contributed by atoms with Crippen molar-refractivity contribution in [1.29, 1.82) is 0 Å². The fraction of sp³-hybridized carbons (Fsp3) is 0.0909. The minimum Gasteiger partial charge on any atom is -0.296 e. The SMILES string of the molecule is Cc1cc(-c2sc3cncn3c2C=O)cs1. The minimum atomic E-state index is 0.690. The summed E-state index contributed by atoms with van der Waals surface area (Å²) < 4.78 is 1.83. The van der Waals surface area contributed by atoms with Gasteiger partial charge in [-0.15, -0.1) is 22.7 Å². The molecule has 5 heteroatoms. The number of aromatic nitrogens is 2. The molecule has 3 aromatic heterocycles. The zero-order valence-electron chi connectivity index (χ0n) is 8.51. The lowest BCUT2D eigenvalue weighted by Gasteiger charge is -1.93. The van der Waals surface area contributed by atoms with Gasteiger partial charge in [-0.2, -0.15) is 0 Å². The first-order valence-corrected chi connectivity index (χ1v) is 6.45. The van der Waals surface area contributed by atoms with Crippen LogP contribution in [0, 0.1) is 6.92 Å². The second-order valence-electron chi connectivity index (χ2n) is 3.48. The van der Waals surface area contributed by atoms with E-state index in [-0.39, 0.29) is 0 Å². The van der Waals surface area contributed by atoms with Gasteiger partial charge < -0.3 is 0 Å². The van der Waals surface area contributed by atoms with Crippen LogP contribution in [-0.2, 0) is 0 Å². The van der Waals surface area contributed by atoms with E-state index in [4.69, 9.17) is 0 Å². The number of aryl methyl sites for hydroxylation is 1. The smallest absolute Gasteiger partial charge is 0.168 e. The number of carbonyl (C=O) groups excluding carboxylic acids is 1. The third-order valence-electron chi connectivity index (χ3n) is 2.41. The molecule has 0 unspecified atom stereocenters. The molecule has 0 aliphatic carbocycles. The zero-order valence-corrected chi connectivity index (χ0v) is 10.1. The average Bonchev–Trinajstić information content (AvgIpc) is 2.90. The normalized spacial score (nSPS) is 11.1. The number of carbonyl (C=O) groups is 1. The van der Waals surface area contributed by atoms with Crippen LogP contribution in [0.2, 0.25) is 0 Å². The van der Waals surface area contributed by atoms with Crippen molar-refractivity contribution in [2.75, 3.05) is 0 Å². The molecule has 0 N–H and O–H groups in total. The number of hydrogen-bond acceptors (Lipinski definition) is 4. The largest absolute Gasteiger partial charge is 0.296 e. The van der Waals surface area contributed by atoms with Crippen LogP contribution in [0.5, 0.6) is 0 Å². The summed E-state index contributed by atoms with van der Waals surface area (Å²) in [6, 6.07) is 2.11. The van der Waals surface area contributed by atoms with Gasteiger partial charge in [-0.1, -0.05) is 0 Å². The molecule has 0 bridgehead atoms. The Kier molecular flexibility index (Phi) is 2.15. The van der Waals surface area contributed by atoms with Gasteiger partial charge in [-0.3, -0.25) is 9.20 Å². The van der Waals surface area contributed by atoms with Crippen molar-refractivity contribution in [2.45, 2.75) is 6.92 Å². The van der Waals surface area contributed by atoms with Gasteiger partial charge in [-0.25, -0.2) is 4.98 Å². The molecule has 0 fully saturated rings. The van der Waals surface area contributed by atoms with Crippen LogP contribution in [0.15, 0.2) is 24.0 Å². The summed E-state index contributed by atoms with van der Waals surface area (Å²) in [5, 5.41) is 2.08. The third kappa shape index (κ3) is 1.32. The number of thiophene rings is 1. The fourth-order valence-electron chi connectivity index (χ4n) is 1.69. The maximum Gasteiger partial charge on any atom is 0.168 e. The third-order valence-corrected chi connectivity index (χ3v) is 4.43. The summed E-state index contributed by atoms with van der Waals surface area (Å²) in [7, 11) is 0. The number of aldehydes is 1. The lowest BCUT2D eigenvalue weighted by Crippen LogP contribution is -1.88. The molecule has 3 aromatic rings. The van der Waals surface area contributed by atoms with Crippen molar-refractivity contribution in [3.8, 4) is 10.4 Å². The van der Waals surface area contributed by atoms with Crippen molar-refractivity contribution in [2.24, 2.45) is 0 Å². The second kappa shape index (κ2) is 3.54. The molecule has 80 valence electrons. The molecular formula is C11H8N2OS2. The fourth-order valence-corrected chi connectivity index (χ4v) is 3.51. The summed E-state index contributed by atoms with van der Waals surface area (Å²) >= 11 is 3.29. The molecule has 0 amide bonds. The van der Waals surface area contributed by atoms with Gasteiger partial charge in [0.25, 0.3) is 0 Å². The van der Waals surface area contributed by atoms with E-state index in [2.05, 4.69) is 23.4 Å². The molecule has 3 nitrogen and oxygen atoms in total. The molecule has 0 radical (unpaired) electrons. The summed E-state index contributed by atoms with van der Waals surface area (Å²) in [4.78, 5) is 18.4. The van der Waals surface area contributed by atoms with Crippen LogP contribution in [0.1, 0.15) is 15.4 Å². The Morgan fingerprint density at radius 1 is 1.50 bits per heavy atom. The molecular weight excluding hydrogens is 240 g/mol. The Morgan fingerprint density at radius 2 is 2.38 bits per heavy atom. The van der Waals surface area contributed by atoms with Crippen molar-refractivity contribution >= 4 is 33.8 Å². The Hall–Kier alpha value is -1.46. The van der Waals surface area contributed by atoms with Crippen LogP contribution in [0.3, 0.4) is 0 Å². The maximum atomic E-state index is 11.1. The van der Waals surface area contributed by atoms with E-state index in [1.807, 2.05) is 4.40 Å². The number of imidazole rings is 1. The molecule has 0 aliphatic heterocycles. The topological polar surface area (TPSA) is 34.4 Å². The molecule has 0 aliphatic rings. The standard InChI is InChI=1S/C11H8N2OS2/c1-7-2-8(5-15-7)11-9(4-14)13-6-12-3-10(13)16-11/h2-6H,1H3. The van der Waals surface area contributed by atoms with Crippen LogP contribution >= 0.6 is 22.7 Å². The maximum absolute atomic E-state index is 11.1. The van der Waals surface area contributed by atoms with E-state index in [1.165, 1.54) is 4.88 Å². The Bertz CT molecular complexity index is 662. The number of rotatable bonds is 2. The molecule has 0 atom stereocenters. The molecule has 0 aromatic carbocycles. The highest BCUT2D eigenvalue weighted by Crippen LogP contribution is 2.34. The van der Waals surface area contributed by atoms with E-state index >= 15 is 0 Å². The Labute approximate surface area is 100.0 Å². The molecule has 16 heavy (non-hydrogen) atoms. The predicted octanol–water partition coefficient (Wildman–Crippen LogP) is 3.25. The van der Waals surface area contributed by atoms with Crippen LogP contribution in [0.4, 0.5) is 0 Å². The van der Waals surface area contributed by atoms with Gasteiger partial charge in [-0.05, 0) is 18.4 Å². The van der Waals surface area contributed by atoms with E-state index < -0.39 is 0 Å². The zero-order chi connectivity index (χ0) is 11.1. The van der Waals surface area contributed by atoms with Crippen molar-refractivity contribution in [3.63, 3.8) is 0 Å². The first-order valence-electron chi connectivity index (χ1n) is 4.75. The lowest BCUT2D eigenvalue weighted by atomic mass is 10.2. The molecule has 0 saturated carbocycles. The second-order valence-corrected chi connectivity index (χ2v) is 5.63. The van der Waals surface area contributed by atoms with Crippen LogP contribution in [-0.4, -0.2) is 15.7 Å². The summed E-state index contributed by atoms with van der Waals surface area (Å²) in [5.41, 5.74) is 1.81. The highest BCUT2D eigenvalue weighted by molar-refractivity contribution is 7.21. The van der Waals surface area contributed by atoms with E-state index in [0.29, 0.717) is 5.69 Å². The highest BCUT2D eigenvalue weighted by Gasteiger charge is 2.14. The summed E-state index contributed by atoms with van der Waals surface area (Å²) in [5.74, 6) is 0. The van der Waals surface area contributed by atoms with Gasteiger partial charge in [0.2, 0.25) is 0 Å².